The van der Waals surface area contributed by atoms with E-state index in [9.17, 15) is 14.3 Å². The van der Waals surface area contributed by atoms with E-state index in [1.54, 1.807) is 30.6 Å². The summed E-state index contributed by atoms with van der Waals surface area (Å²) in [5, 5.41) is 12.7. The third kappa shape index (κ3) is 3.23. The number of aromatic nitrogens is 2. The summed E-state index contributed by atoms with van der Waals surface area (Å²) in [6.07, 6.45) is 1.60. The number of amides is 1. The summed E-state index contributed by atoms with van der Waals surface area (Å²) in [4.78, 5) is 16.4. The van der Waals surface area contributed by atoms with E-state index < -0.39 is 0 Å². The fourth-order valence-electron chi connectivity index (χ4n) is 3.04. The summed E-state index contributed by atoms with van der Waals surface area (Å²) >= 11 is 1.43. The highest BCUT2D eigenvalue weighted by atomic mass is 32.2. The SMILES string of the molecule is COc1ccc([C@@H]2SCC(=O)Nc3ncn(-c4ccc(F)cc4)c32)cc1O. The lowest BCUT2D eigenvalue weighted by molar-refractivity contribution is -0.113. The Morgan fingerprint density at radius 2 is 2.07 bits per heavy atom. The van der Waals surface area contributed by atoms with Gasteiger partial charge in [0.05, 0.1) is 23.8 Å². The molecule has 1 atom stereocenters. The van der Waals surface area contributed by atoms with E-state index >= 15 is 0 Å². The quantitative estimate of drug-likeness (QED) is 0.722. The zero-order valence-electron chi connectivity index (χ0n) is 14.3. The van der Waals surface area contributed by atoms with E-state index in [0.717, 1.165) is 16.9 Å². The van der Waals surface area contributed by atoms with E-state index in [1.807, 2.05) is 10.6 Å². The first-order valence-corrected chi connectivity index (χ1v) is 9.23. The summed E-state index contributed by atoms with van der Waals surface area (Å²) in [6.45, 7) is 0. The van der Waals surface area contributed by atoms with Crippen LogP contribution in [0.1, 0.15) is 16.5 Å². The molecule has 0 fully saturated rings. The molecule has 2 heterocycles. The van der Waals surface area contributed by atoms with Crippen molar-refractivity contribution in [2.45, 2.75) is 5.25 Å². The topological polar surface area (TPSA) is 76.4 Å². The number of hydrogen-bond acceptors (Lipinski definition) is 5. The maximum Gasteiger partial charge on any atom is 0.235 e. The van der Waals surface area contributed by atoms with Gasteiger partial charge in [0.2, 0.25) is 5.91 Å². The number of methoxy groups -OCH3 is 1. The van der Waals surface area contributed by atoms with Gasteiger partial charge in [0.15, 0.2) is 17.3 Å². The van der Waals surface area contributed by atoms with Gasteiger partial charge in [-0.25, -0.2) is 9.37 Å². The lowest BCUT2D eigenvalue weighted by Gasteiger charge is -2.19. The molecule has 6 nitrogen and oxygen atoms in total. The maximum atomic E-state index is 13.3. The van der Waals surface area contributed by atoms with Gasteiger partial charge in [-0.3, -0.25) is 9.36 Å². The van der Waals surface area contributed by atoms with Crippen molar-refractivity contribution in [3.05, 3.63) is 65.9 Å². The number of hydrogen-bond donors (Lipinski definition) is 2. The third-order valence-electron chi connectivity index (χ3n) is 4.30. The highest BCUT2D eigenvalue weighted by molar-refractivity contribution is 8.00. The second-order valence-electron chi connectivity index (χ2n) is 6.00. The van der Waals surface area contributed by atoms with Crippen molar-refractivity contribution in [3.8, 4) is 17.2 Å². The minimum absolute atomic E-state index is 0.0218. The number of fused-ring (bicyclic) bond motifs is 1. The van der Waals surface area contributed by atoms with Crippen LogP contribution in [0.2, 0.25) is 0 Å². The van der Waals surface area contributed by atoms with Crippen LogP contribution in [0, 0.1) is 5.82 Å². The van der Waals surface area contributed by atoms with Crippen LogP contribution in [0.25, 0.3) is 5.69 Å². The third-order valence-corrected chi connectivity index (χ3v) is 5.56. The zero-order chi connectivity index (χ0) is 19.0. The Hall–Kier alpha value is -3.00. The summed E-state index contributed by atoms with van der Waals surface area (Å²) in [6, 6.07) is 11.2. The minimum Gasteiger partial charge on any atom is -0.504 e. The van der Waals surface area contributed by atoms with Crippen molar-refractivity contribution in [3.63, 3.8) is 0 Å². The molecule has 0 unspecified atom stereocenters. The van der Waals surface area contributed by atoms with Crippen LogP contribution in [0.3, 0.4) is 0 Å². The number of anilines is 1. The normalized spacial score (nSPS) is 16.4. The number of imidazole rings is 1. The van der Waals surface area contributed by atoms with Crippen LogP contribution in [-0.4, -0.2) is 33.4 Å². The second kappa shape index (κ2) is 6.96. The number of nitrogens with one attached hydrogen (secondary N) is 1. The molecule has 0 bridgehead atoms. The number of phenolic OH excluding ortho intramolecular Hbond substituents is 1. The van der Waals surface area contributed by atoms with Gasteiger partial charge in [-0.15, -0.1) is 11.8 Å². The lowest BCUT2D eigenvalue weighted by Crippen LogP contribution is -2.12. The van der Waals surface area contributed by atoms with Crippen LogP contribution in [0.5, 0.6) is 11.5 Å². The van der Waals surface area contributed by atoms with E-state index in [1.165, 1.54) is 31.0 Å². The van der Waals surface area contributed by atoms with Gasteiger partial charge in [0.1, 0.15) is 12.1 Å². The molecule has 0 radical (unpaired) electrons. The minimum atomic E-state index is -0.329. The smallest absolute Gasteiger partial charge is 0.235 e. The van der Waals surface area contributed by atoms with E-state index in [4.69, 9.17) is 4.74 Å². The Morgan fingerprint density at radius 3 is 2.78 bits per heavy atom. The van der Waals surface area contributed by atoms with Gasteiger partial charge in [0, 0.05) is 5.69 Å². The van der Waals surface area contributed by atoms with Gasteiger partial charge in [0.25, 0.3) is 0 Å². The first-order chi connectivity index (χ1) is 13.1. The van der Waals surface area contributed by atoms with Gasteiger partial charge in [-0.05, 0) is 42.0 Å². The molecule has 8 heteroatoms. The van der Waals surface area contributed by atoms with Crippen molar-refractivity contribution in [1.29, 1.82) is 0 Å². The monoisotopic (exact) mass is 385 g/mol. The molecule has 2 N–H and O–H groups in total. The summed E-state index contributed by atoms with van der Waals surface area (Å²) in [5.41, 5.74) is 2.28. The molecular weight excluding hydrogens is 369 g/mol. The van der Waals surface area contributed by atoms with Gasteiger partial charge < -0.3 is 15.2 Å². The summed E-state index contributed by atoms with van der Waals surface area (Å²) < 4.78 is 20.2. The molecule has 138 valence electrons. The number of carbonyl (C=O) groups is 1. The number of ether oxygens (including phenoxy) is 1. The van der Waals surface area contributed by atoms with Crippen molar-refractivity contribution in [2.75, 3.05) is 18.2 Å². The van der Waals surface area contributed by atoms with Gasteiger partial charge in [-0.2, -0.15) is 0 Å². The van der Waals surface area contributed by atoms with E-state index in [-0.39, 0.29) is 28.5 Å². The maximum absolute atomic E-state index is 13.3. The molecule has 27 heavy (non-hydrogen) atoms. The predicted octanol–water partition coefficient (Wildman–Crippen LogP) is 3.50. The first-order valence-electron chi connectivity index (χ1n) is 8.18. The highest BCUT2D eigenvalue weighted by Gasteiger charge is 2.29. The lowest BCUT2D eigenvalue weighted by atomic mass is 10.1. The Bertz CT molecular complexity index is 1000. The fourth-order valence-corrected chi connectivity index (χ4v) is 4.15. The molecule has 0 aliphatic carbocycles. The molecule has 0 saturated carbocycles. The van der Waals surface area contributed by atoms with Crippen molar-refractivity contribution >= 4 is 23.5 Å². The molecule has 0 spiro atoms. The van der Waals surface area contributed by atoms with Crippen LogP contribution in [-0.2, 0) is 4.79 Å². The van der Waals surface area contributed by atoms with Crippen LogP contribution < -0.4 is 10.1 Å². The number of carbonyl (C=O) groups excluding carboxylic acids is 1. The summed E-state index contributed by atoms with van der Waals surface area (Å²) in [5.74, 6) is 0.620. The Kier molecular flexibility index (Phi) is 4.49. The largest absolute Gasteiger partial charge is 0.504 e. The average Bonchev–Trinajstić information content (AvgIpc) is 2.98. The number of halogens is 1. The molecule has 3 aromatic rings. The highest BCUT2D eigenvalue weighted by Crippen LogP contribution is 2.43. The van der Waals surface area contributed by atoms with Crippen molar-refractivity contribution in [1.82, 2.24) is 9.55 Å². The first kappa shape index (κ1) is 17.4. The molecule has 1 aromatic heterocycles. The van der Waals surface area contributed by atoms with Crippen LogP contribution in [0.4, 0.5) is 10.2 Å². The van der Waals surface area contributed by atoms with E-state index in [0.29, 0.717) is 11.6 Å². The summed E-state index contributed by atoms with van der Waals surface area (Å²) in [7, 11) is 1.49. The zero-order valence-corrected chi connectivity index (χ0v) is 15.2. The van der Waals surface area contributed by atoms with Gasteiger partial charge >= 0.3 is 0 Å². The standard InChI is InChI=1S/C19H16FN3O3S/c1-26-15-7-2-11(8-14(15)24)18-17-19(22-16(25)9-27-18)21-10-23(17)13-5-3-12(20)4-6-13/h2-8,10,18,24H,9H2,1H3,(H,22,25)/t18-/m0/s1. The Labute approximate surface area is 159 Å². The van der Waals surface area contributed by atoms with E-state index in [2.05, 4.69) is 10.3 Å². The Balaban J connectivity index is 1.85. The number of rotatable bonds is 3. The van der Waals surface area contributed by atoms with Crippen LogP contribution >= 0.6 is 11.8 Å². The van der Waals surface area contributed by atoms with Gasteiger partial charge in [-0.1, -0.05) is 6.07 Å². The van der Waals surface area contributed by atoms with Crippen LogP contribution in [0.15, 0.2) is 48.8 Å². The molecule has 1 aliphatic heterocycles. The Morgan fingerprint density at radius 1 is 1.30 bits per heavy atom. The predicted molar refractivity (Wildman–Crippen MR) is 101 cm³/mol. The molecule has 0 saturated heterocycles. The molecule has 2 aromatic carbocycles. The number of benzene rings is 2. The molecule has 1 aliphatic rings. The second-order valence-corrected chi connectivity index (χ2v) is 7.09. The average molecular weight is 385 g/mol. The van der Waals surface area contributed by atoms with Crippen molar-refractivity contribution in [2.24, 2.45) is 0 Å². The fraction of sp³-hybridized carbons (Fsp3) is 0.158. The van der Waals surface area contributed by atoms with Crippen molar-refractivity contribution < 1.29 is 19.0 Å². The molecule has 1 amide bonds. The number of phenols is 1. The molecule has 4 rings (SSSR count). The number of aromatic hydroxyl groups is 1. The molecular formula is C19H16FN3O3S. The number of nitrogens with zero attached hydrogens (tertiary/aromatic N) is 2. The number of thioether (sulfide) groups is 1.